The minimum absolute atomic E-state index is 0.252. The molecular weight excluding hydrogens is 250 g/mol. The van der Waals surface area contributed by atoms with Crippen LogP contribution in [-0.2, 0) is 4.74 Å². The van der Waals surface area contributed by atoms with Crippen LogP contribution in [0.4, 0.5) is 0 Å². The van der Waals surface area contributed by atoms with Gasteiger partial charge in [-0.25, -0.2) is 0 Å². The predicted molar refractivity (Wildman–Crippen MR) is 81.8 cm³/mol. The van der Waals surface area contributed by atoms with Crippen LogP contribution in [-0.4, -0.2) is 68.8 Å². The Morgan fingerprint density at radius 1 is 1.05 bits per heavy atom. The van der Waals surface area contributed by atoms with Crippen LogP contribution < -0.4 is 5.73 Å². The van der Waals surface area contributed by atoms with Crippen molar-refractivity contribution in [2.75, 3.05) is 59.0 Å². The van der Waals surface area contributed by atoms with E-state index in [9.17, 15) is 0 Å². The highest BCUT2D eigenvalue weighted by molar-refractivity contribution is 4.89. The molecule has 0 aromatic heterocycles. The molecule has 3 saturated heterocycles. The predicted octanol–water partition coefficient (Wildman–Crippen LogP) is 1.16. The minimum atomic E-state index is 0.252. The Hall–Kier alpha value is -0.160. The summed E-state index contributed by atoms with van der Waals surface area (Å²) in [5.41, 5.74) is 6.26. The van der Waals surface area contributed by atoms with Gasteiger partial charge in [-0.15, -0.1) is 0 Å². The third-order valence-corrected chi connectivity index (χ3v) is 5.60. The number of hydrogen-bond donors (Lipinski definition) is 1. The standard InChI is InChI=1S/C16H31N3O/c17-12-16(5-10-20-14-16)13-19-8-3-15(4-9-19)11-18-6-1-2-7-18/h15H,1-14,17H2. The first kappa shape index (κ1) is 14.8. The Labute approximate surface area is 123 Å². The van der Waals surface area contributed by atoms with Crippen molar-refractivity contribution in [3.8, 4) is 0 Å². The van der Waals surface area contributed by atoms with Crippen LogP contribution in [0.1, 0.15) is 32.1 Å². The number of nitrogens with two attached hydrogens (primary N) is 1. The summed E-state index contributed by atoms with van der Waals surface area (Å²) >= 11 is 0. The van der Waals surface area contributed by atoms with Crippen LogP contribution in [0.3, 0.4) is 0 Å². The highest BCUT2D eigenvalue weighted by Crippen LogP contribution is 2.30. The van der Waals surface area contributed by atoms with Gasteiger partial charge in [-0.1, -0.05) is 0 Å². The molecule has 3 rings (SSSR count). The molecule has 4 nitrogen and oxygen atoms in total. The molecule has 0 bridgehead atoms. The molecule has 0 saturated carbocycles. The van der Waals surface area contributed by atoms with Gasteiger partial charge in [0.25, 0.3) is 0 Å². The van der Waals surface area contributed by atoms with E-state index >= 15 is 0 Å². The van der Waals surface area contributed by atoms with Gasteiger partial charge in [-0.3, -0.25) is 0 Å². The first-order valence-electron chi connectivity index (χ1n) is 8.52. The number of nitrogens with zero attached hydrogens (tertiary/aromatic N) is 2. The number of piperidine rings is 1. The molecule has 1 atom stereocenters. The smallest absolute Gasteiger partial charge is 0.0547 e. The van der Waals surface area contributed by atoms with E-state index in [4.69, 9.17) is 10.5 Å². The Morgan fingerprint density at radius 2 is 1.80 bits per heavy atom. The van der Waals surface area contributed by atoms with Crippen LogP contribution in [0.15, 0.2) is 0 Å². The lowest BCUT2D eigenvalue weighted by Crippen LogP contribution is -2.46. The minimum Gasteiger partial charge on any atom is -0.381 e. The summed E-state index contributed by atoms with van der Waals surface area (Å²) in [6, 6.07) is 0. The maximum atomic E-state index is 6.01. The number of ether oxygens (including phenoxy) is 1. The molecule has 2 N–H and O–H groups in total. The number of hydrogen-bond acceptors (Lipinski definition) is 4. The van der Waals surface area contributed by atoms with Crippen molar-refractivity contribution in [1.29, 1.82) is 0 Å². The molecule has 3 aliphatic heterocycles. The Balaban J connectivity index is 1.41. The van der Waals surface area contributed by atoms with Crippen molar-refractivity contribution in [2.24, 2.45) is 17.1 Å². The maximum absolute atomic E-state index is 6.01. The van der Waals surface area contributed by atoms with Crippen molar-refractivity contribution in [3.63, 3.8) is 0 Å². The van der Waals surface area contributed by atoms with Gasteiger partial charge in [0, 0.05) is 31.7 Å². The third kappa shape index (κ3) is 3.53. The summed E-state index contributed by atoms with van der Waals surface area (Å²) in [5, 5.41) is 0. The monoisotopic (exact) mass is 281 g/mol. The lowest BCUT2D eigenvalue weighted by Gasteiger charge is -2.38. The fourth-order valence-corrected chi connectivity index (χ4v) is 4.13. The van der Waals surface area contributed by atoms with E-state index in [1.165, 1.54) is 58.4 Å². The molecule has 1 unspecified atom stereocenters. The van der Waals surface area contributed by atoms with Crippen LogP contribution >= 0.6 is 0 Å². The lowest BCUT2D eigenvalue weighted by atomic mass is 9.85. The molecular formula is C16H31N3O. The molecule has 116 valence electrons. The lowest BCUT2D eigenvalue weighted by molar-refractivity contribution is 0.0860. The average molecular weight is 281 g/mol. The van der Waals surface area contributed by atoms with Gasteiger partial charge in [0.2, 0.25) is 0 Å². The molecule has 4 heteroatoms. The van der Waals surface area contributed by atoms with Crippen LogP contribution in [0.5, 0.6) is 0 Å². The number of likely N-dealkylation sites (tertiary alicyclic amines) is 2. The van der Waals surface area contributed by atoms with Crippen LogP contribution in [0.25, 0.3) is 0 Å². The van der Waals surface area contributed by atoms with Gasteiger partial charge in [-0.2, -0.15) is 0 Å². The average Bonchev–Trinajstić information content (AvgIpc) is 3.13. The summed E-state index contributed by atoms with van der Waals surface area (Å²) in [7, 11) is 0. The van der Waals surface area contributed by atoms with Crippen molar-refractivity contribution in [3.05, 3.63) is 0 Å². The van der Waals surface area contributed by atoms with E-state index in [2.05, 4.69) is 9.80 Å². The summed E-state index contributed by atoms with van der Waals surface area (Å²) in [5.74, 6) is 0.929. The fourth-order valence-electron chi connectivity index (χ4n) is 4.13. The molecule has 0 radical (unpaired) electrons. The normalized spacial score (nSPS) is 34.0. The van der Waals surface area contributed by atoms with Crippen molar-refractivity contribution < 1.29 is 4.74 Å². The van der Waals surface area contributed by atoms with Gasteiger partial charge in [0.15, 0.2) is 0 Å². The summed E-state index contributed by atoms with van der Waals surface area (Å²) in [6.07, 6.45) is 6.73. The first-order chi connectivity index (χ1) is 9.80. The van der Waals surface area contributed by atoms with E-state index in [-0.39, 0.29) is 5.41 Å². The molecule has 0 aromatic carbocycles. The summed E-state index contributed by atoms with van der Waals surface area (Å²) in [6.45, 7) is 10.3. The van der Waals surface area contributed by atoms with E-state index in [1.807, 2.05) is 0 Å². The third-order valence-electron chi connectivity index (χ3n) is 5.60. The Bertz CT molecular complexity index is 290. The van der Waals surface area contributed by atoms with Gasteiger partial charge in [0.1, 0.15) is 0 Å². The second-order valence-corrected chi connectivity index (χ2v) is 7.23. The van der Waals surface area contributed by atoms with Crippen molar-refractivity contribution >= 4 is 0 Å². The van der Waals surface area contributed by atoms with Crippen molar-refractivity contribution in [2.45, 2.75) is 32.1 Å². The molecule has 0 aromatic rings. The van der Waals surface area contributed by atoms with Gasteiger partial charge in [0.05, 0.1) is 6.61 Å². The zero-order valence-electron chi connectivity index (χ0n) is 12.9. The van der Waals surface area contributed by atoms with E-state index in [0.29, 0.717) is 0 Å². The molecule has 0 amide bonds. The van der Waals surface area contributed by atoms with Gasteiger partial charge < -0.3 is 20.3 Å². The van der Waals surface area contributed by atoms with E-state index < -0.39 is 0 Å². The van der Waals surface area contributed by atoms with Gasteiger partial charge in [-0.05, 0) is 64.2 Å². The topological polar surface area (TPSA) is 41.7 Å². The quantitative estimate of drug-likeness (QED) is 0.821. The van der Waals surface area contributed by atoms with Crippen LogP contribution in [0.2, 0.25) is 0 Å². The highest BCUT2D eigenvalue weighted by Gasteiger charge is 2.36. The second kappa shape index (κ2) is 6.73. The van der Waals surface area contributed by atoms with E-state index in [0.717, 1.165) is 38.6 Å². The maximum Gasteiger partial charge on any atom is 0.0547 e. The number of rotatable bonds is 5. The Kier molecular flexibility index (Phi) is 4.97. The molecule has 3 heterocycles. The zero-order valence-corrected chi connectivity index (χ0v) is 12.9. The molecule has 0 spiro atoms. The molecule has 20 heavy (non-hydrogen) atoms. The SMILES string of the molecule is NCC1(CN2CCC(CN3CCCC3)CC2)CCOC1. The molecule has 3 aliphatic rings. The second-order valence-electron chi connectivity index (χ2n) is 7.23. The zero-order chi connectivity index (χ0) is 13.8. The molecule has 0 aliphatic carbocycles. The summed E-state index contributed by atoms with van der Waals surface area (Å²) < 4.78 is 5.59. The fraction of sp³-hybridized carbons (Fsp3) is 1.00. The first-order valence-corrected chi connectivity index (χ1v) is 8.52. The molecule has 3 fully saturated rings. The van der Waals surface area contributed by atoms with Crippen molar-refractivity contribution in [1.82, 2.24) is 9.80 Å². The Morgan fingerprint density at radius 3 is 2.40 bits per heavy atom. The summed E-state index contributed by atoms with van der Waals surface area (Å²) in [4.78, 5) is 5.31. The van der Waals surface area contributed by atoms with Crippen LogP contribution in [0, 0.1) is 11.3 Å². The van der Waals surface area contributed by atoms with Gasteiger partial charge >= 0.3 is 0 Å². The van der Waals surface area contributed by atoms with E-state index in [1.54, 1.807) is 0 Å². The highest BCUT2D eigenvalue weighted by atomic mass is 16.5. The largest absolute Gasteiger partial charge is 0.381 e.